The van der Waals surface area contributed by atoms with E-state index in [-0.39, 0.29) is 11.1 Å². The maximum absolute atomic E-state index is 12.6. The van der Waals surface area contributed by atoms with Crippen LogP contribution in [0, 0.1) is 0 Å². The predicted octanol–water partition coefficient (Wildman–Crippen LogP) is 5.96. The molecule has 1 aromatic carbocycles. The molecule has 3 rings (SSSR count). The van der Waals surface area contributed by atoms with Crippen LogP contribution in [0.3, 0.4) is 0 Å². The highest BCUT2D eigenvalue weighted by Crippen LogP contribution is 2.29. The Morgan fingerprint density at radius 3 is 2.00 bits per heavy atom. The Morgan fingerprint density at radius 2 is 1.48 bits per heavy atom. The van der Waals surface area contributed by atoms with E-state index in [4.69, 9.17) is 0 Å². The molecule has 0 unspecified atom stereocenters. The summed E-state index contributed by atoms with van der Waals surface area (Å²) in [6.07, 6.45) is 1.04. The molecular weight excluding hydrogens is 351 g/mol. The Morgan fingerprint density at radius 1 is 0.852 bits per heavy atom. The number of halogens is 3. The number of rotatable bonds is 3. The van der Waals surface area contributed by atoms with Gasteiger partial charge >= 0.3 is 6.18 Å². The lowest BCUT2D eigenvalue weighted by Crippen LogP contribution is -2.10. The van der Waals surface area contributed by atoms with Crippen molar-refractivity contribution in [3.8, 4) is 11.4 Å². The van der Waals surface area contributed by atoms with Crippen LogP contribution in [-0.4, -0.2) is 15.2 Å². The van der Waals surface area contributed by atoms with E-state index in [1.54, 1.807) is 18.3 Å². The first-order valence-corrected chi connectivity index (χ1v) is 8.50. The molecule has 3 aromatic rings. The van der Waals surface area contributed by atoms with E-state index >= 15 is 0 Å². The third kappa shape index (κ3) is 4.64. The van der Waals surface area contributed by atoms with Crippen molar-refractivity contribution in [1.82, 2.24) is 15.2 Å². The topological polar surface area (TPSA) is 41.6 Å². The minimum absolute atomic E-state index is 0.111. The molecule has 0 aliphatic carbocycles. The first-order valence-electron chi connectivity index (χ1n) is 8.50. The van der Waals surface area contributed by atoms with Crippen LogP contribution in [0.25, 0.3) is 23.5 Å². The lowest BCUT2D eigenvalue weighted by atomic mass is 9.87. The number of benzene rings is 1. The molecule has 2 aromatic heterocycles. The standard InChI is InChI=1S/C21H20F3N3/c1-20(2,3)16-9-6-14(7-10-16)4-5-15-8-11-17(25-13-15)18-12-19(27-26-18)21(22,23)24/h4-13H,1-3H3,(H,26,27)/b5-4+. The molecule has 0 aliphatic rings. The summed E-state index contributed by atoms with van der Waals surface area (Å²) in [5.74, 6) is 0. The molecule has 0 bridgehead atoms. The van der Waals surface area contributed by atoms with E-state index < -0.39 is 11.9 Å². The zero-order valence-electron chi connectivity index (χ0n) is 15.3. The molecule has 0 atom stereocenters. The molecule has 27 heavy (non-hydrogen) atoms. The second-order valence-corrected chi connectivity index (χ2v) is 7.35. The van der Waals surface area contributed by atoms with Crippen LogP contribution in [0.1, 0.15) is 43.2 Å². The molecule has 0 radical (unpaired) electrons. The van der Waals surface area contributed by atoms with E-state index in [1.165, 1.54) is 5.56 Å². The van der Waals surface area contributed by atoms with E-state index in [0.717, 1.165) is 17.2 Å². The van der Waals surface area contributed by atoms with Crippen LogP contribution >= 0.6 is 0 Å². The van der Waals surface area contributed by atoms with Crippen molar-refractivity contribution in [3.63, 3.8) is 0 Å². The number of alkyl halides is 3. The molecule has 0 fully saturated rings. The zero-order chi connectivity index (χ0) is 19.7. The Labute approximate surface area is 156 Å². The Balaban J connectivity index is 1.72. The first-order chi connectivity index (χ1) is 12.6. The SMILES string of the molecule is CC(C)(C)c1ccc(/C=C/c2ccc(-c3cc(C(F)(F)F)[nH]n3)nc2)cc1. The molecule has 3 nitrogen and oxygen atoms in total. The van der Waals surface area contributed by atoms with Crippen molar-refractivity contribution >= 4 is 12.2 Å². The van der Waals surface area contributed by atoms with Crippen LogP contribution in [0.2, 0.25) is 0 Å². The van der Waals surface area contributed by atoms with Crippen LogP contribution in [-0.2, 0) is 11.6 Å². The van der Waals surface area contributed by atoms with E-state index in [1.807, 2.05) is 17.3 Å². The highest BCUT2D eigenvalue weighted by molar-refractivity contribution is 5.70. The van der Waals surface area contributed by atoms with Gasteiger partial charge in [-0.25, -0.2) is 0 Å². The van der Waals surface area contributed by atoms with Crippen LogP contribution in [0.5, 0.6) is 0 Å². The summed E-state index contributed by atoms with van der Waals surface area (Å²) < 4.78 is 37.9. The lowest BCUT2D eigenvalue weighted by Gasteiger charge is -2.18. The van der Waals surface area contributed by atoms with Crippen molar-refractivity contribution < 1.29 is 13.2 Å². The van der Waals surface area contributed by atoms with Gasteiger partial charge in [0.05, 0.1) is 5.69 Å². The average molecular weight is 371 g/mol. The van der Waals surface area contributed by atoms with Gasteiger partial charge in [-0.05, 0) is 34.2 Å². The fraction of sp³-hybridized carbons (Fsp3) is 0.238. The summed E-state index contributed by atoms with van der Waals surface area (Å²) >= 11 is 0. The van der Waals surface area contributed by atoms with Gasteiger partial charge in [0.15, 0.2) is 0 Å². The number of aromatic nitrogens is 3. The fourth-order valence-corrected chi connectivity index (χ4v) is 2.54. The van der Waals surface area contributed by atoms with Gasteiger partial charge < -0.3 is 0 Å². The number of pyridine rings is 1. The highest BCUT2D eigenvalue weighted by atomic mass is 19.4. The van der Waals surface area contributed by atoms with Crippen LogP contribution < -0.4 is 0 Å². The van der Waals surface area contributed by atoms with Crippen LogP contribution in [0.4, 0.5) is 13.2 Å². The largest absolute Gasteiger partial charge is 0.432 e. The average Bonchev–Trinajstić information content (AvgIpc) is 3.10. The number of hydrogen-bond acceptors (Lipinski definition) is 2. The van der Waals surface area contributed by atoms with Gasteiger partial charge in [-0.2, -0.15) is 18.3 Å². The molecule has 6 heteroatoms. The van der Waals surface area contributed by atoms with Crippen molar-refractivity contribution in [1.29, 1.82) is 0 Å². The number of nitrogens with one attached hydrogen (secondary N) is 1. The van der Waals surface area contributed by atoms with Gasteiger partial charge in [0.1, 0.15) is 11.4 Å². The second-order valence-electron chi connectivity index (χ2n) is 7.35. The Bertz CT molecular complexity index is 929. The fourth-order valence-electron chi connectivity index (χ4n) is 2.54. The second kappa shape index (κ2) is 7.02. The molecule has 0 saturated heterocycles. The van der Waals surface area contributed by atoms with E-state index in [2.05, 4.69) is 55.1 Å². The van der Waals surface area contributed by atoms with Gasteiger partial charge in [-0.15, -0.1) is 0 Å². The van der Waals surface area contributed by atoms with E-state index in [0.29, 0.717) is 5.69 Å². The zero-order valence-corrected chi connectivity index (χ0v) is 15.3. The Hall–Kier alpha value is -2.89. The molecule has 0 saturated carbocycles. The van der Waals surface area contributed by atoms with Gasteiger partial charge in [-0.3, -0.25) is 10.1 Å². The number of aromatic amines is 1. The van der Waals surface area contributed by atoms with Crippen molar-refractivity contribution in [3.05, 3.63) is 71.0 Å². The summed E-state index contributed by atoms with van der Waals surface area (Å²) in [5.41, 5.74) is 2.95. The number of nitrogens with zero attached hydrogens (tertiary/aromatic N) is 2. The molecular formula is C21H20F3N3. The lowest BCUT2D eigenvalue weighted by molar-refractivity contribution is -0.141. The molecule has 140 valence electrons. The van der Waals surface area contributed by atoms with Crippen molar-refractivity contribution in [2.45, 2.75) is 32.4 Å². The normalized spacial score (nSPS) is 12.7. The summed E-state index contributed by atoms with van der Waals surface area (Å²) in [4.78, 5) is 4.20. The van der Waals surface area contributed by atoms with Gasteiger partial charge in [0, 0.05) is 6.20 Å². The Kier molecular flexibility index (Phi) is 4.91. The summed E-state index contributed by atoms with van der Waals surface area (Å²) in [6.45, 7) is 6.51. The molecule has 0 aliphatic heterocycles. The third-order valence-corrected chi connectivity index (χ3v) is 4.18. The minimum Gasteiger partial charge on any atom is -0.273 e. The minimum atomic E-state index is -4.45. The first kappa shape index (κ1) is 18.9. The summed E-state index contributed by atoms with van der Waals surface area (Å²) in [5, 5.41) is 5.67. The molecule has 2 heterocycles. The number of H-pyrrole nitrogens is 1. The molecule has 0 spiro atoms. The smallest absolute Gasteiger partial charge is 0.273 e. The van der Waals surface area contributed by atoms with Gasteiger partial charge in [0.2, 0.25) is 0 Å². The summed E-state index contributed by atoms with van der Waals surface area (Å²) in [7, 11) is 0. The van der Waals surface area contributed by atoms with E-state index in [9.17, 15) is 13.2 Å². The third-order valence-electron chi connectivity index (χ3n) is 4.18. The van der Waals surface area contributed by atoms with Gasteiger partial charge in [0.25, 0.3) is 0 Å². The van der Waals surface area contributed by atoms with Crippen molar-refractivity contribution in [2.75, 3.05) is 0 Å². The molecule has 0 amide bonds. The predicted molar refractivity (Wildman–Crippen MR) is 101 cm³/mol. The molecule has 1 N–H and O–H groups in total. The maximum Gasteiger partial charge on any atom is 0.432 e. The highest BCUT2D eigenvalue weighted by Gasteiger charge is 2.33. The van der Waals surface area contributed by atoms with Gasteiger partial charge in [-0.1, -0.05) is 63.3 Å². The number of hydrogen-bond donors (Lipinski definition) is 1. The van der Waals surface area contributed by atoms with Crippen molar-refractivity contribution in [2.24, 2.45) is 0 Å². The quantitative estimate of drug-likeness (QED) is 0.617. The maximum atomic E-state index is 12.6. The summed E-state index contributed by atoms with van der Waals surface area (Å²) in [6, 6.07) is 12.7. The monoisotopic (exact) mass is 371 g/mol. The van der Waals surface area contributed by atoms with Crippen LogP contribution in [0.15, 0.2) is 48.7 Å².